The molecule has 0 aromatic carbocycles. The quantitative estimate of drug-likeness (QED) is 0.499. The Bertz CT molecular complexity index is 286. The number of nitrogens with one attached hydrogen (secondary N) is 2. The standard InChI is InChI=1S/C15H30N2O2/c1-6-7-8-10-16-13(18)15(4,5)14(19)17-11-9-12(2)3/h12H,6-11H2,1-5H3,(H,16,18)(H,17,19). The van der Waals surface area contributed by atoms with Crippen LogP contribution in [-0.4, -0.2) is 24.9 Å². The second-order valence-corrected chi connectivity index (χ2v) is 6.03. The number of unbranched alkanes of at least 4 members (excludes halogenated alkanes) is 2. The van der Waals surface area contributed by atoms with Crippen LogP contribution in [0.2, 0.25) is 0 Å². The van der Waals surface area contributed by atoms with E-state index in [0.29, 0.717) is 19.0 Å². The normalized spacial score (nSPS) is 11.5. The second kappa shape index (κ2) is 8.94. The lowest BCUT2D eigenvalue weighted by Gasteiger charge is -2.23. The van der Waals surface area contributed by atoms with Crippen molar-refractivity contribution in [3.8, 4) is 0 Å². The number of carbonyl (C=O) groups is 2. The van der Waals surface area contributed by atoms with Crippen LogP contribution < -0.4 is 10.6 Å². The van der Waals surface area contributed by atoms with Crippen molar-refractivity contribution in [3.63, 3.8) is 0 Å². The molecule has 0 aliphatic heterocycles. The molecule has 0 saturated heterocycles. The van der Waals surface area contributed by atoms with Gasteiger partial charge in [0.2, 0.25) is 11.8 Å². The molecule has 0 aliphatic rings. The van der Waals surface area contributed by atoms with Gasteiger partial charge in [0.05, 0.1) is 0 Å². The lowest BCUT2D eigenvalue weighted by atomic mass is 9.91. The molecule has 0 radical (unpaired) electrons. The predicted molar refractivity (Wildman–Crippen MR) is 78.8 cm³/mol. The van der Waals surface area contributed by atoms with E-state index in [-0.39, 0.29) is 11.8 Å². The van der Waals surface area contributed by atoms with Crippen LogP contribution in [0, 0.1) is 11.3 Å². The molecule has 0 atom stereocenters. The SMILES string of the molecule is CCCCCNC(=O)C(C)(C)C(=O)NCCC(C)C. The largest absolute Gasteiger partial charge is 0.355 e. The maximum Gasteiger partial charge on any atom is 0.235 e. The van der Waals surface area contributed by atoms with Crippen LogP contribution in [0.4, 0.5) is 0 Å². The third-order valence-corrected chi connectivity index (χ3v) is 3.21. The Labute approximate surface area is 117 Å². The summed E-state index contributed by atoms with van der Waals surface area (Å²) >= 11 is 0. The van der Waals surface area contributed by atoms with Crippen LogP contribution in [0.1, 0.15) is 60.3 Å². The molecule has 0 saturated carbocycles. The van der Waals surface area contributed by atoms with E-state index in [2.05, 4.69) is 31.4 Å². The molecular weight excluding hydrogens is 240 g/mol. The van der Waals surface area contributed by atoms with Gasteiger partial charge in [-0.2, -0.15) is 0 Å². The first kappa shape index (κ1) is 17.9. The number of hydrogen-bond donors (Lipinski definition) is 2. The molecule has 0 bridgehead atoms. The number of amides is 2. The van der Waals surface area contributed by atoms with E-state index in [1.165, 1.54) is 0 Å². The van der Waals surface area contributed by atoms with Crippen molar-refractivity contribution in [2.24, 2.45) is 11.3 Å². The van der Waals surface area contributed by atoms with E-state index in [9.17, 15) is 9.59 Å². The van der Waals surface area contributed by atoms with E-state index in [1.54, 1.807) is 13.8 Å². The van der Waals surface area contributed by atoms with Gasteiger partial charge < -0.3 is 10.6 Å². The van der Waals surface area contributed by atoms with Gasteiger partial charge in [-0.05, 0) is 32.6 Å². The molecule has 2 amide bonds. The summed E-state index contributed by atoms with van der Waals surface area (Å²) in [5, 5.41) is 5.68. The maximum atomic E-state index is 12.0. The molecular formula is C15H30N2O2. The molecule has 0 aliphatic carbocycles. The Hall–Kier alpha value is -1.06. The van der Waals surface area contributed by atoms with Crippen molar-refractivity contribution in [1.82, 2.24) is 10.6 Å². The lowest BCUT2D eigenvalue weighted by molar-refractivity contribution is -0.141. The van der Waals surface area contributed by atoms with Gasteiger partial charge >= 0.3 is 0 Å². The summed E-state index contributed by atoms with van der Waals surface area (Å²) in [6.07, 6.45) is 4.11. The molecule has 19 heavy (non-hydrogen) atoms. The Morgan fingerprint density at radius 2 is 1.53 bits per heavy atom. The van der Waals surface area contributed by atoms with Crippen molar-refractivity contribution in [2.45, 2.75) is 60.3 Å². The number of rotatable bonds is 9. The van der Waals surface area contributed by atoms with Gasteiger partial charge in [-0.1, -0.05) is 33.6 Å². The van der Waals surface area contributed by atoms with Gasteiger partial charge in [-0.15, -0.1) is 0 Å². The van der Waals surface area contributed by atoms with Crippen molar-refractivity contribution >= 4 is 11.8 Å². The number of hydrogen-bond acceptors (Lipinski definition) is 2. The fourth-order valence-corrected chi connectivity index (χ4v) is 1.60. The Morgan fingerprint density at radius 1 is 1.00 bits per heavy atom. The summed E-state index contributed by atoms with van der Waals surface area (Å²) < 4.78 is 0. The summed E-state index contributed by atoms with van der Waals surface area (Å²) in [5.41, 5.74) is -0.997. The van der Waals surface area contributed by atoms with Crippen LogP contribution in [0.3, 0.4) is 0 Å². The van der Waals surface area contributed by atoms with Gasteiger partial charge in [0.25, 0.3) is 0 Å². The van der Waals surface area contributed by atoms with Crippen molar-refractivity contribution in [1.29, 1.82) is 0 Å². The van der Waals surface area contributed by atoms with E-state index in [1.807, 2.05) is 0 Å². The molecule has 0 heterocycles. The first-order chi connectivity index (χ1) is 8.82. The van der Waals surface area contributed by atoms with Crippen molar-refractivity contribution in [3.05, 3.63) is 0 Å². The zero-order valence-electron chi connectivity index (χ0n) is 13.1. The zero-order chi connectivity index (χ0) is 14.9. The highest BCUT2D eigenvalue weighted by Crippen LogP contribution is 2.15. The number of carbonyl (C=O) groups excluding carboxylic acids is 2. The minimum Gasteiger partial charge on any atom is -0.355 e. The Kier molecular flexibility index (Phi) is 8.44. The average molecular weight is 270 g/mol. The highest BCUT2D eigenvalue weighted by Gasteiger charge is 2.35. The molecule has 2 N–H and O–H groups in total. The highest BCUT2D eigenvalue weighted by atomic mass is 16.2. The topological polar surface area (TPSA) is 58.2 Å². The van der Waals surface area contributed by atoms with Crippen LogP contribution in [-0.2, 0) is 9.59 Å². The molecule has 0 rings (SSSR count). The second-order valence-electron chi connectivity index (χ2n) is 6.03. The summed E-state index contributed by atoms with van der Waals surface area (Å²) in [6.45, 7) is 11.0. The first-order valence-electron chi connectivity index (χ1n) is 7.39. The van der Waals surface area contributed by atoms with Gasteiger partial charge in [0.15, 0.2) is 0 Å². The molecule has 0 spiro atoms. The smallest absolute Gasteiger partial charge is 0.235 e. The van der Waals surface area contributed by atoms with E-state index < -0.39 is 5.41 Å². The summed E-state index contributed by atoms with van der Waals surface area (Å²) in [6, 6.07) is 0. The molecule has 4 nitrogen and oxygen atoms in total. The minimum absolute atomic E-state index is 0.189. The zero-order valence-corrected chi connectivity index (χ0v) is 13.1. The molecule has 4 heteroatoms. The maximum absolute atomic E-state index is 12.0. The summed E-state index contributed by atoms with van der Waals surface area (Å²) in [5.74, 6) is 0.165. The van der Waals surface area contributed by atoms with Gasteiger partial charge in [-0.25, -0.2) is 0 Å². The van der Waals surface area contributed by atoms with E-state index in [4.69, 9.17) is 0 Å². The third-order valence-electron chi connectivity index (χ3n) is 3.21. The monoisotopic (exact) mass is 270 g/mol. The van der Waals surface area contributed by atoms with Crippen LogP contribution in [0.5, 0.6) is 0 Å². The minimum atomic E-state index is -0.997. The van der Waals surface area contributed by atoms with E-state index >= 15 is 0 Å². The van der Waals surface area contributed by atoms with Gasteiger partial charge in [0, 0.05) is 13.1 Å². The summed E-state index contributed by atoms with van der Waals surface area (Å²) in [7, 11) is 0. The lowest BCUT2D eigenvalue weighted by Crippen LogP contribution is -2.48. The Morgan fingerprint density at radius 3 is 2.00 bits per heavy atom. The summed E-state index contributed by atoms with van der Waals surface area (Å²) in [4.78, 5) is 24.0. The van der Waals surface area contributed by atoms with Crippen molar-refractivity contribution < 1.29 is 9.59 Å². The molecule has 112 valence electrons. The third kappa shape index (κ3) is 7.19. The van der Waals surface area contributed by atoms with Gasteiger partial charge in [-0.3, -0.25) is 9.59 Å². The van der Waals surface area contributed by atoms with Crippen LogP contribution in [0.25, 0.3) is 0 Å². The van der Waals surface area contributed by atoms with Gasteiger partial charge in [0.1, 0.15) is 5.41 Å². The highest BCUT2D eigenvalue weighted by molar-refractivity contribution is 6.04. The molecule has 0 aromatic rings. The fraction of sp³-hybridized carbons (Fsp3) is 0.867. The fourth-order valence-electron chi connectivity index (χ4n) is 1.60. The van der Waals surface area contributed by atoms with Crippen LogP contribution >= 0.6 is 0 Å². The van der Waals surface area contributed by atoms with Crippen LogP contribution in [0.15, 0.2) is 0 Å². The Balaban J connectivity index is 4.11. The first-order valence-corrected chi connectivity index (χ1v) is 7.39. The predicted octanol–water partition coefficient (Wildman–Crippen LogP) is 2.48. The van der Waals surface area contributed by atoms with Crippen molar-refractivity contribution in [2.75, 3.05) is 13.1 Å². The molecule has 0 fully saturated rings. The molecule has 0 aromatic heterocycles. The van der Waals surface area contributed by atoms with E-state index in [0.717, 1.165) is 25.7 Å². The molecule has 0 unspecified atom stereocenters. The average Bonchev–Trinajstić information content (AvgIpc) is 2.33.